The lowest BCUT2D eigenvalue weighted by atomic mass is 10.0. The Labute approximate surface area is 249 Å². The molecule has 10 nitrogen and oxygen atoms in total. The molecule has 5 rings (SSSR count). The van der Waals surface area contributed by atoms with Crippen LogP contribution < -0.4 is 25.3 Å². The maximum Gasteiger partial charge on any atom is 0.247 e. The van der Waals surface area contributed by atoms with Crippen molar-refractivity contribution in [2.24, 2.45) is 0 Å². The fraction of sp³-hybridized carbons (Fsp3) is 0.345. The zero-order chi connectivity index (χ0) is 28.9. The second kappa shape index (κ2) is 12.9. The Hall–Kier alpha value is -3.57. The van der Waals surface area contributed by atoms with Crippen LogP contribution >= 0.6 is 23.2 Å². The van der Waals surface area contributed by atoms with Crippen LogP contribution in [0.5, 0.6) is 5.75 Å². The summed E-state index contributed by atoms with van der Waals surface area (Å²) < 4.78 is 5.76. The van der Waals surface area contributed by atoms with Gasteiger partial charge in [-0.1, -0.05) is 41.9 Å². The number of hydroxylamine groups is 1. The molecule has 2 aliphatic heterocycles. The van der Waals surface area contributed by atoms with Gasteiger partial charge in [-0.05, 0) is 43.7 Å². The number of rotatable bonds is 9. The average Bonchev–Trinajstić information content (AvgIpc) is 3.44. The molecule has 2 N–H and O–H groups in total. The zero-order valence-electron chi connectivity index (χ0n) is 23.1. The molecule has 2 aromatic carbocycles. The van der Waals surface area contributed by atoms with Crippen molar-refractivity contribution in [3.05, 3.63) is 71.0 Å². The van der Waals surface area contributed by atoms with Gasteiger partial charge in [0.25, 0.3) is 0 Å². The topological polar surface area (TPSA) is 95.1 Å². The summed E-state index contributed by atoms with van der Waals surface area (Å²) in [6.45, 7) is 7.66. The van der Waals surface area contributed by atoms with E-state index in [4.69, 9.17) is 32.8 Å². The van der Waals surface area contributed by atoms with Crippen molar-refractivity contribution < 1.29 is 14.4 Å². The van der Waals surface area contributed by atoms with Gasteiger partial charge in [0.15, 0.2) is 5.82 Å². The molecule has 2 fully saturated rings. The monoisotopic (exact) mass is 597 g/mol. The number of nitrogens with zero attached hydrogens (tertiary/aromatic N) is 5. The number of carbonyl (C=O) groups excluding carboxylic acids is 1. The highest BCUT2D eigenvalue weighted by atomic mass is 35.5. The molecule has 3 heterocycles. The van der Waals surface area contributed by atoms with Crippen molar-refractivity contribution in [3.8, 4) is 5.75 Å². The summed E-state index contributed by atoms with van der Waals surface area (Å²) in [5.74, 6) is 1.47. The minimum absolute atomic E-state index is 0.0202. The summed E-state index contributed by atoms with van der Waals surface area (Å²) in [5, 5.41) is 9.17. The highest BCUT2D eigenvalue weighted by Crippen LogP contribution is 2.39. The molecule has 0 unspecified atom stereocenters. The number of aromatic nitrogens is 2. The van der Waals surface area contributed by atoms with Crippen LogP contribution in [0.4, 0.5) is 28.7 Å². The lowest BCUT2D eigenvalue weighted by Crippen LogP contribution is -2.44. The molecule has 41 heavy (non-hydrogen) atoms. The predicted molar refractivity (Wildman–Crippen MR) is 164 cm³/mol. The van der Waals surface area contributed by atoms with Gasteiger partial charge in [-0.2, -0.15) is 0 Å². The van der Waals surface area contributed by atoms with Crippen molar-refractivity contribution in [2.75, 3.05) is 67.5 Å². The molecule has 2 saturated heterocycles. The van der Waals surface area contributed by atoms with Gasteiger partial charge in [0.05, 0.1) is 46.9 Å². The van der Waals surface area contributed by atoms with Gasteiger partial charge in [-0.25, -0.2) is 15.0 Å². The van der Waals surface area contributed by atoms with E-state index in [1.54, 1.807) is 18.2 Å². The van der Waals surface area contributed by atoms with E-state index in [-0.39, 0.29) is 11.9 Å². The largest absolute Gasteiger partial charge is 0.494 e. The standard InChI is InChI=1S/C29H33Cl2N7O3/c1-4-28(39)35-22-15-23(25(40-3)16-24(22)37-11-9-36(2)10-12-37)34-26-17-27(33-18-32-26)38-20(8-13-41-38)14-19-6-5-7-21(30)29(19)31/h4-7,15-18,20H,1,8-14H2,2-3H3,(H,35,39)(H,32,33,34)/t20-/m1/s1. The van der Waals surface area contributed by atoms with E-state index in [2.05, 4.69) is 44.0 Å². The first-order valence-corrected chi connectivity index (χ1v) is 14.1. The minimum Gasteiger partial charge on any atom is -0.494 e. The lowest BCUT2D eigenvalue weighted by molar-refractivity contribution is -0.111. The molecule has 0 radical (unpaired) electrons. The molecule has 0 bridgehead atoms. The number of likely N-dealkylation sites (N-methyl/N-ethyl adjacent to an activating group) is 1. The molecule has 216 valence electrons. The Morgan fingerprint density at radius 3 is 2.73 bits per heavy atom. The maximum absolute atomic E-state index is 12.3. The first-order chi connectivity index (χ1) is 19.9. The number of amides is 1. The second-order valence-electron chi connectivity index (χ2n) is 9.96. The van der Waals surface area contributed by atoms with Crippen LogP contribution in [0.25, 0.3) is 0 Å². The van der Waals surface area contributed by atoms with Gasteiger partial charge in [0.2, 0.25) is 5.91 Å². The predicted octanol–water partition coefficient (Wildman–Crippen LogP) is 5.16. The third-order valence-corrected chi connectivity index (χ3v) is 8.10. The summed E-state index contributed by atoms with van der Waals surface area (Å²) in [7, 11) is 3.72. The highest BCUT2D eigenvalue weighted by Gasteiger charge is 2.29. The van der Waals surface area contributed by atoms with Gasteiger partial charge in [0, 0.05) is 38.3 Å². The fourth-order valence-corrected chi connectivity index (χ4v) is 5.41. The van der Waals surface area contributed by atoms with Crippen LogP contribution in [0.3, 0.4) is 0 Å². The third kappa shape index (κ3) is 6.68. The Morgan fingerprint density at radius 2 is 1.98 bits per heavy atom. The fourth-order valence-electron chi connectivity index (χ4n) is 5.01. The van der Waals surface area contributed by atoms with E-state index in [1.807, 2.05) is 30.3 Å². The summed E-state index contributed by atoms with van der Waals surface area (Å²) in [6.07, 6.45) is 4.20. The SMILES string of the molecule is C=CC(=O)Nc1cc(Nc2cc(N3OCC[C@@H]3Cc3cccc(Cl)c3Cl)ncn2)c(OC)cc1N1CCN(C)CC1. The number of piperazine rings is 1. The van der Waals surface area contributed by atoms with Gasteiger partial charge >= 0.3 is 0 Å². The van der Waals surface area contributed by atoms with Crippen molar-refractivity contribution in [2.45, 2.75) is 18.9 Å². The molecule has 0 spiro atoms. The number of ether oxygens (including phenoxy) is 1. The van der Waals surface area contributed by atoms with E-state index < -0.39 is 0 Å². The van der Waals surface area contributed by atoms with Crippen LogP contribution in [0.15, 0.2) is 55.4 Å². The zero-order valence-corrected chi connectivity index (χ0v) is 24.6. The van der Waals surface area contributed by atoms with E-state index in [0.717, 1.165) is 43.9 Å². The molecule has 0 aliphatic carbocycles. The summed E-state index contributed by atoms with van der Waals surface area (Å²) in [5.41, 5.74) is 3.12. The minimum atomic E-state index is -0.294. The van der Waals surface area contributed by atoms with Crippen LogP contribution in [0, 0.1) is 0 Å². The molecular weight excluding hydrogens is 565 g/mol. The summed E-state index contributed by atoms with van der Waals surface area (Å²) >= 11 is 12.7. The van der Waals surface area contributed by atoms with E-state index >= 15 is 0 Å². The van der Waals surface area contributed by atoms with Crippen molar-refractivity contribution in [3.63, 3.8) is 0 Å². The van der Waals surface area contributed by atoms with E-state index in [9.17, 15) is 4.79 Å². The summed E-state index contributed by atoms with van der Waals surface area (Å²) in [4.78, 5) is 31.7. The summed E-state index contributed by atoms with van der Waals surface area (Å²) in [6, 6.07) is 11.3. The van der Waals surface area contributed by atoms with Gasteiger partial charge < -0.3 is 25.2 Å². The molecule has 3 aromatic rings. The second-order valence-corrected chi connectivity index (χ2v) is 10.7. The Bertz CT molecular complexity index is 1420. The van der Waals surface area contributed by atoms with Gasteiger partial charge in [-0.15, -0.1) is 0 Å². The Balaban J connectivity index is 1.40. The molecule has 1 aromatic heterocycles. The van der Waals surface area contributed by atoms with Crippen LogP contribution in [0.2, 0.25) is 10.0 Å². The first-order valence-electron chi connectivity index (χ1n) is 13.4. The number of hydrogen-bond acceptors (Lipinski definition) is 9. The molecule has 1 amide bonds. The quantitative estimate of drug-likeness (QED) is 0.324. The van der Waals surface area contributed by atoms with E-state index in [1.165, 1.54) is 12.4 Å². The lowest BCUT2D eigenvalue weighted by Gasteiger charge is -2.35. The number of anilines is 5. The number of halogens is 2. The highest BCUT2D eigenvalue weighted by molar-refractivity contribution is 6.42. The van der Waals surface area contributed by atoms with Gasteiger partial charge in [0.1, 0.15) is 17.9 Å². The van der Waals surface area contributed by atoms with E-state index in [0.29, 0.717) is 51.8 Å². The molecule has 2 aliphatic rings. The third-order valence-electron chi connectivity index (χ3n) is 7.25. The number of benzene rings is 2. The maximum atomic E-state index is 12.3. The Morgan fingerprint density at radius 1 is 1.17 bits per heavy atom. The molecule has 12 heteroatoms. The van der Waals surface area contributed by atoms with Crippen LogP contribution in [-0.2, 0) is 16.1 Å². The number of methoxy groups -OCH3 is 1. The molecular formula is C29H33Cl2N7O3. The number of hydrogen-bond donors (Lipinski definition) is 2. The van der Waals surface area contributed by atoms with Crippen molar-refractivity contribution in [1.29, 1.82) is 0 Å². The normalized spacial score (nSPS) is 17.4. The number of carbonyl (C=O) groups is 1. The van der Waals surface area contributed by atoms with Crippen LogP contribution in [0.1, 0.15) is 12.0 Å². The first kappa shape index (κ1) is 28.9. The van der Waals surface area contributed by atoms with Gasteiger partial charge in [-0.3, -0.25) is 9.63 Å². The molecule has 0 saturated carbocycles. The molecule has 1 atom stereocenters. The Kier molecular flexibility index (Phi) is 9.14. The average molecular weight is 599 g/mol. The van der Waals surface area contributed by atoms with Crippen molar-refractivity contribution >= 4 is 57.8 Å². The number of nitrogens with one attached hydrogen (secondary N) is 2. The van der Waals surface area contributed by atoms with Crippen LogP contribution in [-0.4, -0.2) is 73.8 Å². The van der Waals surface area contributed by atoms with Crippen molar-refractivity contribution in [1.82, 2.24) is 14.9 Å². The smallest absolute Gasteiger partial charge is 0.247 e.